The van der Waals surface area contributed by atoms with Gasteiger partial charge >= 0.3 is 6.03 Å². The molecule has 4 nitrogen and oxygen atoms in total. The predicted molar refractivity (Wildman–Crippen MR) is 53.0 cm³/mol. The Morgan fingerprint density at radius 2 is 2.19 bits per heavy atom. The number of hydrogen-bond acceptors (Lipinski definition) is 2. The van der Waals surface area contributed by atoms with Gasteiger partial charge in [0.15, 0.2) is 0 Å². The number of imidazole rings is 1. The molecule has 0 aliphatic rings. The van der Waals surface area contributed by atoms with Crippen molar-refractivity contribution in [2.75, 3.05) is 5.32 Å². The van der Waals surface area contributed by atoms with Crippen molar-refractivity contribution in [3.63, 3.8) is 0 Å². The van der Waals surface area contributed by atoms with Gasteiger partial charge < -0.3 is 5.32 Å². The van der Waals surface area contributed by atoms with E-state index in [1.54, 1.807) is 0 Å². The number of carbonyl (C=O) groups is 1. The summed E-state index contributed by atoms with van der Waals surface area (Å²) in [6.45, 7) is 0. The standard InChI is InChI=1S/C10H7F2N3O/c11-7-1-2-9(8(12)5-7)14-10(16)15-4-3-13-6-15/h1-6H,(H,14,16). The van der Waals surface area contributed by atoms with Crippen LogP contribution in [0.1, 0.15) is 0 Å². The maximum absolute atomic E-state index is 13.2. The van der Waals surface area contributed by atoms with Gasteiger partial charge in [0.25, 0.3) is 0 Å². The van der Waals surface area contributed by atoms with Gasteiger partial charge in [0.05, 0.1) is 5.69 Å². The Morgan fingerprint density at radius 1 is 1.38 bits per heavy atom. The van der Waals surface area contributed by atoms with E-state index in [1.807, 2.05) is 0 Å². The second-order valence-corrected chi connectivity index (χ2v) is 3.02. The number of benzene rings is 1. The largest absolute Gasteiger partial charge is 0.331 e. The quantitative estimate of drug-likeness (QED) is 0.805. The van der Waals surface area contributed by atoms with Crippen molar-refractivity contribution >= 4 is 11.7 Å². The average molecular weight is 223 g/mol. The monoisotopic (exact) mass is 223 g/mol. The fraction of sp³-hybridized carbons (Fsp3) is 0. The summed E-state index contributed by atoms with van der Waals surface area (Å²) >= 11 is 0. The molecule has 1 heterocycles. The first-order valence-electron chi connectivity index (χ1n) is 4.41. The molecule has 2 rings (SSSR count). The van der Waals surface area contributed by atoms with Crippen LogP contribution in [0.4, 0.5) is 19.3 Å². The van der Waals surface area contributed by atoms with Crippen LogP contribution in [0.5, 0.6) is 0 Å². The van der Waals surface area contributed by atoms with Crippen molar-refractivity contribution in [2.45, 2.75) is 0 Å². The fourth-order valence-electron chi connectivity index (χ4n) is 1.15. The molecule has 1 N–H and O–H groups in total. The van der Waals surface area contributed by atoms with Gasteiger partial charge in [-0.15, -0.1) is 0 Å². The summed E-state index contributed by atoms with van der Waals surface area (Å²) in [4.78, 5) is 15.1. The van der Waals surface area contributed by atoms with E-state index >= 15 is 0 Å². The van der Waals surface area contributed by atoms with Crippen molar-refractivity contribution in [3.05, 3.63) is 48.6 Å². The maximum atomic E-state index is 13.2. The minimum absolute atomic E-state index is 0.0832. The molecule has 0 aliphatic heterocycles. The number of nitrogens with zero attached hydrogens (tertiary/aromatic N) is 2. The molecule has 0 aliphatic carbocycles. The van der Waals surface area contributed by atoms with E-state index in [0.717, 1.165) is 16.7 Å². The van der Waals surface area contributed by atoms with Crippen LogP contribution < -0.4 is 5.32 Å². The third-order valence-electron chi connectivity index (χ3n) is 1.91. The van der Waals surface area contributed by atoms with Crippen molar-refractivity contribution in [3.8, 4) is 0 Å². The molecule has 0 unspecified atom stereocenters. The molecule has 2 aromatic rings. The van der Waals surface area contributed by atoms with Gasteiger partial charge in [-0.25, -0.2) is 18.6 Å². The van der Waals surface area contributed by atoms with Gasteiger partial charge in [0, 0.05) is 18.5 Å². The summed E-state index contributed by atoms with van der Waals surface area (Å²) in [7, 11) is 0. The second kappa shape index (κ2) is 4.09. The molecule has 16 heavy (non-hydrogen) atoms. The third-order valence-corrected chi connectivity index (χ3v) is 1.91. The van der Waals surface area contributed by atoms with E-state index in [4.69, 9.17) is 0 Å². The van der Waals surface area contributed by atoms with E-state index in [0.29, 0.717) is 6.07 Å². The van der Waals surface area contributed by atoms with Crippen LogP contribution in [0.3, 0.4) is 0 Å². The molecule has 0 atom stereocenters. The van der Waals surface area contributed by atoms with E-state index < -0.39 is 17.7 Å². The fourth-order valence-corrected chi connectivity index (χ4v) is 1.15. The zero-order valence-corrected chi connectivity index (χ0v) is 8.02. The lowest BCUT2D eigenvalue weighted by molar-refractivity contribution is 0.253. The van der Waals surface area contributed by atoms with Crippen LogP contribution in [-0.2, 0) is 0 Å². The molecule has 1 aromatic heterocycles. The SMILES string of the molecule is O=C(Nc1ccc(F)cc1F)n1ccnc1. The minimum atomic E-state index is -0.825. The second-order valence-electron chi connectivity index (χ2n) is 3.02. The summed E-state index contributed by atoms with van der Waals surface area (Å²) in [5, 5.41) is 2.28. The number of halogens is 2. The molecule has 6 heteroatoms. The predicted octanol–water partition coefficient (Wildman–Crippen LogP) is 2.24. The average Bonchev–Trinajstić information content (AvgIpc) is 2.75. The zero-order chi connectivity index (χ0) is 11.5. The van der Waals surface area contributed by atoms with Crippen LogP contribution >= 0.6 is 0 Å². The Bertz CT molecular complexity index is 511. The van der Waals surface area contributed by atoms with E-state index in [2.05, 4.69) is 10.3 Å². The van der Waals surface area contributed by atoms with Crippen LogP contribution in [0.2, 0.25) is 0 Å². The molecule has 1 aromatic carbocycles. The maximum Gasteiger partial charge on any atom is 0.331 e. The highest BCUT2D eigenvalue weighted by Gasteiger charge is 2.08. The third kappa shape index (κ3) is 2.05. The number of anilines is 1. The molecule has 0 fully saturated rings. The highest BCUT2D eigenvalue weighted by molar-refractivity contribution is 5.90. The molecular weight excluding hydrogens is 216 g/mol. The Morgan fingerprint density at radius 3 is 2.81 bits per heavy atom. The number of nitrogens with one attached hydrogen (secondary N) is 1. The van der Waals surface area contributed by atoms with Crippen LogP contribution in [0.15, 0.2) is 36.9 Å². The number of hydrogen-bond donors (Lipinski definition) is 1. The van der Waals surface area contributed by atoms with Crippen molar-refractivity contribution in [1.29, 1.82) is 0 Å². The normalized spacial score (nSPS) is 10.1. The van der Waals surface area contributed by atoms with Gasteiger partial charge in [0.2, 0.25) is 0 Å². The van der Waals surface area contributed by atoms with E-state index in [-0.39, 0.29) is 5.69 Å². The van der Waals surface area contributed by atoms with Crippen molar-refractivity contribution in [1.82, 2.24) is 9.55 Å². The molecule has 0 saturated heterocycles. The number of aromatic nitrogens is 2. The van der Waals surface area contributed by atoms with Gasteiger partial charge in [-0.1, -0.05) is 0 Å². The van der Waals surface area contributed by atoms with Crippen LogP contribution in [0.25, 0.3) is 0 Å². The van der Waals surface area contributed by atoms with E-state index in [1.165, 1.54) is 18.7 Å². The Labute approximate surface area is 89.5 Å². The number of rotatable bonds is 1. The van der Waals surface area contributed by atoms with Crippen molar-refractivity contribution in [2.24, 2.45) is 0 Å². The summed E-state index contributed by atoms with van der Waals surface area (Å²) < 4.78 is 26.9. The molecular formula is C10H7F2N3O. The van der Waals surface area contributed by atoms with Crippen molar-refractivity contribution < 1.29 is 13.6 Å². The topological polar surface area (TPSA) is 46.9 Å². The first kappa shape index (κ1) is 10.3. The van der Waals surface area contributed by atoms with Crippen LogP contribution in [0, 0.1) is 11.6 Å². The summed E-state index contributed by atoms with van der Waals surface area (Å²) in [6, 6.07) is 2.35. The molecule has 1 amide bonds. The van der Waals surface area contributed by atoms with Gasteiger partial charge in [0.1, 0.15) is 18.0 Å². The molecule has 0 radical (unpaired) electrons. The first-order chi connectivity index (χ1) is 7.66. The lowest BCUT2D eigenvalue weighted by atomic mass is 10.3. The lowest BCUT2D eigenvalue weighted by Crippen LogP contribution is -2.18. The molecule has 0 spiro atoms. The summed E-state index contributed by atoms with van der Waals surface area (Å²) in [5.74, 6) is -1.52. The van der Waals surface area contributed by atoms with Gasteiger partial charge in [-0.2, -0.15) is 0 Å². The summed E-state index contributed by atoms with van der Waals surface area (Å²) in [5.41, 5.74) is -0.0832. The minimum Gasteiger partial charge on any atom is -0.304 e. The van der Waals surface area contributed by atoms with Gasteiger partial charge in [-0.05, 0) is 12.1 Å². The highest BCUT2D eigenvalue weighted by atomic mass is 19.1. The number of amides is 1. The van der Waals surface area contributed by atoms with E-state index in [9.17, 15) is 13.6 Å². The summed E-state index contributed by atoms with van der Waals surface area (Å²) in [6.07, 6.45) is 4.11. The zero-order valence-electron chi connectivity index (χ0n) is 8.02. The van der Waals surface area contributed by atoms with Gasteiger partial charge in [-0.3, -0.25) is 4.57 Å². The Hall–Kier alpha value is -2.24. The Kier molecular flexibility index (Phi) is 2.63. The lowest BCUT2D eigenvalue weighted by Gasteiger charge is -2.05. The first-order valence-corrected chi connectivity index (χ1v) is 4.41. The number of carbonyl (C=O) groups excluding carboxylic acids is 1. The smallest absolute Gasteiger partial charge is 0.304 e. The molecule has 0 bridgehead atoms. The van der Waals surface area contributed by atoms with Crippen LogP contribution in [-0.4, -0.2) is 15.6 Å². The highest BCUT2D eigenvalue weighted by Crippen LogP contribution is 2.14. The molecule has 0 saturated carbocycles. The Balaban J connectivity index is 2.18. The molecule has 82 valence electrons.